The van der Waals surface area contributed by atoms with E-state index < -0.39 is 0 Å². The lowest BCUT2D eigenvalue weighted by Crippen LogP contribution is -2.32. The molecule has 0 aromatic carbocycles. The minimum atomic E-state index is 0.811. The number of ether oxygens (including phenoxy) is 2. The van der Waals surface area contributed by atoms with Crippen LogP contribution in [-0.4, -0.2) is 56.7 Å². The van der Waals surface area contributed by atoms with Gasteiger partial charge in [-0.25, -0.2) is 0 Å². The van der Waals surface area contributed by atoms with Crippen LogP contribution in [0, 0.1) is 0 Å². The number of unbranched alkanes of at least 4 members (excludes halogenated alkanes) is 6. The van der Waals surface area contributed by atoms with Crippen molar-refractivity contribution in [3.8, 4) is 0 Å². The molecule has 0 aromatic heterocycles. The molecule has 0 fully saturated rings. The molecular weight excluding hydrogens is 282 g/mol. The van der Waals surface area contributed by atoms with Crippen LogP contribution in [0.25, 0.3) is 0 Å². The van der Waals surface area contributed by atoms with E-state index in [-0.39, 0.29) is 0 Å². The summed E-state index contributed by atoms with van der Waals surface area (Å²) in [7, 11) is 0. The average molecular weight is 320 g/mol. The van der Waals surface area contributed by atoms with E-state index >= 15 is 0 Å². The van der Waals surface area contributed by atoms with E-state index in [0.29, 0.717) is 0 Å². The van der Waals surface area contributed by atoms with E-state index in [1.807, 2.05) is 0 Å². The molecule has 0 rings (SSSR count). The van der Waals surface area contributed by atoms with Crippen LogP contribution >= 0.6 is 12.6 Å². The van der Waals surface area contributed by atoms with Crippen LogP contribution < -0.4 is 0 Å². The van der Waals surface area contributed by atoms with Gasteiger partial charge in [-0.05, 0) is 39.0 Å². The smallest absolute Gasteiger partial charge is 0.0593 e. The normalized spacial score (nSPS) is 11.4. The Bertz CT molecular complexity index is 184. The standard InChI is InChI=1S/C17H37NO2S/c1-3-19-15-13-18(14-16-20-4-2)12-10-8-6-5-7-9-11-17-21/h21H,3-17H2,1-2H3. The van der Waals surface area contributed by atoms with E-state index in [2.05, 4.69) is 31.4 Å². The van der Waals surface area contributed by atoms with Gasteiger partial charge in [-0.1, -0.05) is 32.1 Å². The predicted octanol–water partition coefficient (Wildman–Crippen LogP) is 4.02. The molecule has 21 heavy (non-hydrogen) atoms. The van der Waals surface area contributed by atoms with E-state index in [0.717, 1.165) is 45.3 Å². The maximum atomic E-state index is 5.46. The molecule has 0 aromatic rings. The molecule has 0 spiro atoms. The zero-order valence-corrected chi connectivity index (χ0v) is 15.2. The van der Waals surface area contributed by atoms with Crippen molar-refractivity contribution in [2.75, 3.05) is 51.8 Å². The van der Waals surface area contributed by atoms with Gasteiger partial charge >= 0.3 is 0 Å². The van der Waals surface area contributed by atoms with Crippen molar-refractivity contribution in [3.05, 3.63) is 0 Å². The minimum absolute atomic E-state index is 0.811. The molecule has 0 aliphatic heterocycles. The Morgan fingerprint density at radius 1 is 0.667 bits per heavy atom. The van der Waals surface area contributed by atoms with Crippen molar-refractivity contribution in [1.82, 2.24) is 4.90 Å². The summed E-state index contributed by atoms with van der Waals surface area (Å²) >= 11 is 4.25. The van der Waals surface area contributed by atoms with Gasteiger partial charge in [0.2, 0.25) is 0 Å². The van der Waals surface area contributed by atoms with Crippen LogP contribution in [0.2, 0.25) is 0 Å². The van der Waals surface area contributed by atoms with Gasteiger partial charge in [0.25, 0.3) is 0 Å². The molecule has 0 N–H and O–H groups in total. The lowest BCUT2D eigenvalue weighted by Gasteiger charge is -2.22. The summed E-state index contributed by atoms with van der Waals surface area (Å²) < 4.78 is 10.9. The van der Waals surface area contributed by atoms with Crippen molar-refractivity contribution in [1.29, 1.82) is 0 Å². The highest BCUT2D eigenvalue weighted by Crippen LogP contribution is 2.08. The molecule has 0 atom stereocenters. The summed E-state index contributed by atoms with van der Waals surface area (Å²) in [5.41, 5.74) is 0. The van der Waals surface area contributed by atoms with Crippen molar-refractivity contribution in [2.24, 2.45) is 0 Å². The third-order valence-corrected chi connectivity index (χ3v) is 3.96. The van der Waals surface area contributed by atoms with E-state index in [1.165, 1.54) is 51.5 Å². The monoisotopic (exact) mass is 319 g/mol. The van der Waals surface area contributed by atoms with Crippen LogP contribution in [0.4, 0.5) is 0 Å². The summed E-state index contributed by atoms with van der Waals surface area (Å²) in [6.07, 6.45) is 9.39. The van der Waals surface area contributed by atoms with Gasteiger partial charge in [0.05, 0.1) is 13.2 Å². The molecule has 0 heterocycles. The summed E-state index contributed by atoms with van der Waals surface area (Å²) in [6, 6.07) is 0. The third-order valence-electron chi connectivity index (χ3n) is 3.64. The Hall–Kier alpha value is 0.230. The second kappa shape index (κ2) is 18.3. The molecule has 0 saturated heterocycles. The Kier molecular flexibility index (Phi) is 18.5. The highest BCUT2D eigenvalue weighted by molar-refractivity contribution is 7.80. The quantitative estimate of drug-likeness (QED) is 0.323. The second-order valence-corrected chi connectivity index (χ2v) is 5.88. The summed E-state index contributed by atoms with van der Waals surface area (Å²) in [5.74, 6) is 1.04. The van der Waals surface area contributed by atoms with Crippen molar-refractivity contribution >= 4 is 12.6 Å². The van der Waals surface area contributed by atoms with Crippen molar-refractivity contribution < 1.29 is 9.47 Å². The first-order valence-electron chi connectivity index (χ1n) is 8.83. The number of hydrogen-bond acceptors (Lipinski definition) is 4. The molecule has 3 nitrogen and oxygen atoms in total. The third kappa shape index (κ3) is 16.4. The van der Waals surface area contributed by atoms with Crippen LogP contribution in [0.15, 0.2) is 0 Å². The topological polar surface area (TPSA) is 21.7 Å². The molecule has 0 saturated carbocycles. The number of thiol groups is 1. The minimum Gasteiger partial charge on any atom is -0.380 e. The zero-order valence-electron chi connectivity index (χ0n) is 14.3. The SMILES string of the molecule is CCOCCN(CCCCCCCCCS)CCOCC. The Labute approximate surface area is 138 Å². The highest BCUT2D eigenvalue weighted by atomic mass is 32.1. The largest absolute Gasteiger partial charge is 0.380 e. The summed E-state index contributed by atoms with van der Waals surface area (Å²) in [6.45, 7) is 10.6. The fraction of sp³-hybridized carbons (Fsp3) is 1.00. The van der Waals surface area contributed by atoms with Crippen LogP contribution in [0.1, 0.15) is 58.8 Å². The first kappa shape index (κ1) is 21.2. The van der Waals surface area contributed by atoms with Crippen molar-refractivity contribution in [2.45, 2.75) is 58.8 Å². The Morgan fingerprint density at radius 2 is 1.14 bits per heavy atom. The molecule has 0 unspecified atom stereocenters. The molecular formula is C17H37NO2S. The Balaban J connectivity index is 3.54. The number of hydrogen-bond donors (Lipinski definition) is 1. The molecule has 0 amide bonds. The fourth-order valence-corrected chi connectivity index (χ4v) is 2.57. The second-order valence-electron chi connectivity index (χ2n) is 5.43. The van der Waals surface area contributed by atoms with E-state index in [1.54, 1.807) is 0 Å². The average Bonchev–Trinajstić information content (AvgIpc) is 2.49. The predicted molar refractivity (Wildman–Crippen MR) is 95.6 cm³/mol. The van der Waals surface area contributed by atoms with Crippen molar-refractivity contribution in [3.63, 3.8) is 0 Å². The van der Waals surface area contributed by atoms with Gasteiger partial charge in [0, 0.05) is 26.3 Å². The summed E-state index contributed by atoms with van der Waals surface area (Å²) in [5, 5.41) is 0. The molecule has 0 bridgehead atoms. The zero-order chi connectivity index (χ0) is 15.6. The molecule has 0 aliphatic rings. The van der Waals surface area contributed by atoms with E-state index in [9.17, 15) is 0 Å². The summed E-state index contributed by atoms with van der Waals surface area (Å²) in [4.78, 5) is 2.48. The first-order chi connectivity index (χ1) is 10.3. The van der Waals surface area contributed by atoms with Gasteiger partial charge in [-0.15, -0.1) is 0 Å². The van der Waals surface area contributed by atoms with Crippen LogP contribution in [0.3, 0.4) is 0 Å². The van der Waals surface area contributed by atoms with Gasteiger partial charge in [0.15, 0.2) is 0 Å². The van der Waals surface area contributed by atoms with Gasteiger partial charge in [-0.3, -0.25) is 4.90 Å². The van der Waals surface area contributed by atoms with Gasteiger partial charge in [0.1, 0.15) is 0 Å². The number of nitrogens with zero attached hydrogens (tertiary/aromatic N) is 1. The first-order valence-corrected chi connectivity index (χ1v) is 9.47. The molecule has 4 heteroatoms. The van der Waals surface area contributed by atoms with E-state index in [4.69, 9.17) is 9.47 Å². The lowest BCUT2D eigenvalue weighted by atomic mass is 10.1. The fourth-order valence-electron chi connectivity index (χ4n) is 2.34. The van der Waals surface area contributed by atoms with Crippen LogP contribution in [0.5, 0.6) is 0 Å². The molecule has 0 aliphatic carbocycles. The molecule has 0 radical (unpaired) electrons. The maximum Gasteiger partial charge on any atom is 0.0593 e. The van der Waals surface area contributed by atoms with Crippen LogP contribution in [-0.2, 0) is 9.47 Å². The highest BCUT2D eigenvalue weighted by Gasteiger charge is 2.04. The number of rotatable bonds is 17. The van der Waals surface area contributed by atoms with Gasteiger partial charge in [-0.2, -0.15) is 12.6 Å². The lowest BCUT2D eigenvalue weighted by molar-refractivity contribution is 0.0820. The maximum absolute atomic E-state index is 5.46. The van der Waals surface area contributed by atoms with Gasteiger partial charge < -0.3 is 9.47 Å². The molecule has 128 valence electrons. The Morgan fingerprint density at radius 3 is 1.62 bits per heavy atom.